The molecule has 0 saturated heterocycles. The summed E-state index contributed by atoms with van der Waals surface area (Å²) < 4.78 is 5.16. The molecule has 12 heavy (non-hydrogen) atoms. The zero-order chi connectivity index (χ0) is 8.97. The second-order valence-electron chi connectivity index (χ2n) is 2.52. The van der Waals surface area contributed by atoms with Gasteiger partial charge < -0.3 is 9.84 Å². The molecule has 0 heterocycles. The van der Waals surface area contributed by atoms with E-state index in [2.05, 4.69) is 6.07 Å². The fourth-order valence-corrected chi connectivity index (χ4v) is 0.881. The molecular formula is C9H10ClO2. The van der Waals surface area contributed by atoms with Crippen molar-refractivity contribution in [3.05, 3.63) is 29.3 Å². The molecule has 0 amide bonds. The lowest BCUT2D eigenvalue weighted by atomic mass is 10.3. The quantitative estimate of drug-likeness (QED) is 0.780. The van der Waals surface area contributed by atoms with E-state index in [4.69, 9.17) is 21.4 Å². The Labute approximate surface area is 76.7 Å². The van der Waals surface area contributed by atoms with Crippen molar-refractivity contribution in [1.29, 1.82) is 0 Å². The molecule has 2 nitrogen and oxygen atoms in total. The molecule has 1 unspecified atom stereocenters. The van der Waals surface area contributed by atoms with E-state index in [1.807, 2.05) is 0 Å². The fourth-order valence-electron chi connectivity index (χ4n) is 0.716. The van der Waals surface area contributed by atoms with Crippen molar-refractivity contribution in [2.45, 2.75) is 13.0 Å². The summed E-state index contributed by atoms with van der Waals surface area (Å²) in [7, 11) is 0. The maximum Gasteiger partial charge on any atom is 0.128 e. The summed E-state index contributed by atoms with van der Waals surface area (Å²) in [6.45, 7) is 1.92. The third-order valence-electron chi connectivity index (χ3n) is 1.21. The molecule has 0 spiro atoms. The zero-order valence-corrected chi connectivity index (χ0v) is 7.51. The third-order valence-corrected chi connectivity index (χ3v) is 1.43. The Morgan fingerprint density at radius 3 is 3.00 bits per heavy atom. The van der Waals surface area contributed by atoms with Gasteiger partial charge in [-0.25, -0.2) is 0 Å². The van der Waals surface area contributed by atoms with Crippen molar-refractivity contribution in [1.82, 2.24) is 0 Å². The Balaban J connectivity index is 2.52. The Kier molecular flexibility index (Phi) is 3.38. The summed E-state index contributed by atoms with van der Waals surface area (Å²) in [6.07, 6.45) is -0.475. The zero-order valence-electron chi connectivity index (χ0n) is 6.75. The van der Waals surface area contributed by atoms with Crippen LogP contribution in [-0.2, 0) is 0 Å². The highest BCUT2D eigenvalue weighted by Crippen LogP contribution is 2.15. The molecule has 0 aromatic heterocycles. The van der Waals surface area contributed by atoms with Gasteiger partial charge >= 0.3 is 0 Å². The van der Waals surface area contributed by atoms with Crippen molar-refractivity contribution in [2.75, 3.05) is 6.61 Å². The van der Waals surface area contributed by atoms with E-state index in [1.165, 1.54) is 0 Å². The van der Waals surface area contributed by atoms with Gasteiger partial charge in [0.25, 0.3) is 0 Å². The van der Waals surface area contributed by atoms with Gasteiger partial charge in [0, 0.05) is 6.07 Å². The van der Waals surface area contributed by atoms with Crippen molar-refractivity contribution < 1.29 is 9.84 Å². The summed E-state index contributed by atoms with van der Waals surface area (Å²) in [5.41, 5.74) is 0. The summed E-state index contributed by atoms with van der Waals surface area (Å²) in [6, 6.07) is 8.03. The van der Waals surface area contributed by atoms with Gasteiger partial charge in [0.2, 0.25) is 0 Å². The maximum atomic E-state index is 8.91. The Bertz CT molecular complexity index is 248. The van der Waals surface area contributed by atoms with Crippen LogP contribution < -0.4 is 4.74 Å². The largest absolute Gasteiger partial charge is 0.490 e. The molecule has 0 bridgehead atoms. The van der Waals surface area contributed by atoms with Crippen LogP contribution in [0.1, 0.15) is 6.92 Å². The van der Waals surface area contributed by atoms with E-state index in [-0.39, 0.29) is 6.61 Å². The van der Waals surface area contributed by atoms with Gasteiger partial charge in [-0.1, -0.05) is 17.7 Å². The predicted molar refractivity (Wildman–Crippen MR) is 47.5 cm³/mol. The molecule has 1 aromatic carbocycles. The SMILES string of the molecule is CC(O)COc1[c]c(Cl)ccc1. The lowest BCUT2D eigenvalue weighted by molar-refractivity contribution is 0.122. The highest BCUT2D eigenvalue weighted by Gasteiger charge is 1.98. The van der Waals surface area contributed by atoms with Crippen LogP contribution in [0.4, 0.5) is 0 Å². The molecule has 1 N–H and O–H groups in total. The average molecular weight is 186 g/mol. The standard InChI is InChI=1S/C9H10ClO2/c1-7(11)6-12-9-4-2-3-8(10)5-9/h2-4,7,11H,6H2,1H3. The highest BCUT2D eigenvalue weighted by atomic mass is 35.5. The Morgan fingerprint density at radius 2 is 2.42 bits per heavy atom. The lowest BCUT2D eigenvalue weighted by Gasteiger charge is -2.07. The van der Waals surface area contributed by atoms with Crippen LogP contribution >= 0.6 is 11.6 Å². The smallest absolute Gasteiger partial charge is 0.128 e. The minimum absolute atomic E-state index is 0.261. The molecule has 0 aliphatic heterocycles. The lowest BCUT2D eigenvalue weighted by Crippen LogP contribution is -2.12. The van der Waals surface area contributed by atoms with E-state index in [0.29, 0.717) is 10.8 Å². The van der Waals surface area contributed by atoms with Crippen LogP contribution in [0.3, 0.4) is 0 Å². The molecule has 1 aromatic rings. The molecule has 0 saturated carbocycles. The first-order valence-electron chi connectivity index (χ1n) is 3.67. The molecular weight excluding hydrogens is 176 g/mol. The van der Waals surface area contributed by atoms with E-state index in [9.17, 15) is 0 Å². The van der Waals surface area contributed by atoms with Gasteiger partial charge in [0.05, 0.1) is 11.1 Å². The van der Waals surface area contributed by atoms with Crippen LogP contribution in [0.25, 0.3) is 0 Å². The van der Waals surface area contributed by atoms with Crippen molar-refractivity contribution >= 4 is 11.6 Å². The van der Waals surface area contributed by atoms with Gasteiger partial charge in [-0.05, 0) is 19.1 Å². The van der Waals surface area contributed by atoms with Crippen molar-refractivity contribution in [2.24, 2.45) is 0 Å². The minimum Gasteiger partial charge on any atom is -0.490 e. The van der Waals surface area contributed by atoms with E-state index in [1.54, 1.807) is 25.1 Å². The van der Waals surface area contributed by atoms with Gasteiger partial charge in [-0.2, -0.15) is 0 Å². The fraction of sp³-hybridized carbons (Fsp3) is 0.333. The van der Waals surface area contributed by atoms with Gasteiger partial charge in [0.15, 0.2) is 0 Å². The molecule has 0 fully saturated rings. The van der Waals surface area contributed by atoms with Crippen molar-refractivity contribution in [3.63, 3.8) is 0 Å². The third kappa shape index (κ3) is 3.11. The van der Waals surface area contributed by atoms with E-state index >= 15 is 0 Å². The topological polar surface area (TPSA) is 29.5 Å². The van der Waals surface area contributed by atoms with Gasteiger partial charge in [0.1, 0.15) is 12.4 Å². The molecule has 1 rings (SSSR count). The summed E-state index contributed by atoms with van der Waals surface area (Å²) in [4.78, 5) is 0. The first-order valence-corrected chi connectivity index (χ1v) is 4.05. The average Bonchev–Trinajstić information content (AvgIpc) is 2.01. The number of benzene rings is 1. The summed E-state index contributed by atoms with van der Waals surface area (Å²) in [5.74, 6) is 0.559. The summed E-state index contributed by atoms with van der Waals surface area (Å²) in [5, 5.41) is 9.42. The number of halogens is 1. The monoisotopic (exact) mass is 185 g/mol. The number of aliphatic hydroxyl groups is 1. The molecule has 3 heteroatoms. The van der Waals surface area contributed by atoms with Crippen LogP contribution in [0.5, 0.6) is 5.75 Å². The maximum absolute atomic E-state index is 8.91. The molecule has 65 valence electrons. The Hall–Kier alpha value is -0.730. The van der Waals surface area contributed by atoms with E-state index < -0.39 is 6.10 Å². The normalized spacial score (nSPS) is 12.6. The Morgan fingerprint density at radius 1 is 1.67 bits per heavy atom. The first kappa shape index (κ1) is 9.36. The second kappa shape index (κ2) is 4.33. The van der Waals surface area contributed by atoms with Crippen LogP contribution in [-0.4, -0.2) is 17.8 Å². The minimum atomic E-state index is -0.475. The number of hydrogen-bond donors (Lipinski definition) is 1. The second-order valence-corrected chi connectivity index (χ2v) is 2.93. The number of hydrogen-bond acceptors (Lipinski definition) is 2. The van der Waals surface area contributed by atoms with Crippen LogP contribution in [0.15, 0.2) is 18.2 Å². The van der Waals surface area contributed by atoms with Crippen molar-refractivity contribution in [3.8, 4) is 5.75 Å². The van der Waals surface area contributed by atoms with Crippen LogP contribution in [0.2, 0.25) is 5.02 Å². The van der Waals surface area contributed by atoms with Gasteiger partial charge in [-0.15, -0.1) is 0 Å². The van der Waals surface area contributed by atoms with E-state index in [0.717, 1.165) is 0 Å². The molecule has 1 radical (unpaired) electrons. The summed E-state index contributed by atoms with van der Waals surface area (Å²) >= 11 is 5.66. The van der Waals surface area contributed by atoms with Crippen LogP contribution in [0, 0.1) is 6.07 Å². The highest BCUT2D eigenvalue weighted by molar-refractivity contribution is 6.30. The number of rotatable bonds is 3. The first-order chi connectivity index (χ1) is 5.68. The number of ether oxygens (including phenoxy) is 1. The molecule has 0 aliphatic rings. The number of aliphatic hydroxyl groups excluding tert-OH is 1. The molecule has 1 atom stereocenters. The van der Waals surface area contributed by atoms with Gasteiger partial charge in [-0.3, -0.25) is 0 Å². The molecule has 0 aliphatic carbocycles. The predicted octanol–water partition coefficient (Wildman–Crippen LogP) is 1.90.